The first-order chi connectivity index (χ1) is 14.5. The lowest BCUT2D eigenvalue weighted by Crippen LogP contribution is -2.44. The Kier molecular flexibility index (Phi) is 4.34. The minimum atomic E-state index is -0.198. The van der Waals surface area contributed by atoms with Crippen molar-refractivity contribution in [2.45, 2.75) is 33.0 Å². The summed E-state index contributed by atoms with van der Waals surface area (Å²) in [6, 6.07) is 11.1. The number of ether oxygens (including phenoxy) is 2. The van der Waals surface area contributed by atoms with Crippen LogP contribution in [0.25, 0.3) is 11.0 Å². The van der Waals surface area contributed by atoms with E-state index in [-0.39, 0.29) is 24.6 Å². The SMILES string of the molecule is CC(C)N1CCn2c(nc3cc(C(=O)NCc4ccc5c(c4)OCO5)ccc32)C1=O. The summed E-state index contributed by atoms with van der Waals surface area (Å²) in [6.07, 6.45) is 0. The highest BCUT2D eigenvalue weighted by Gasteiger charge is 2.29. The van der Waals surface area contributed by atoms with Gasteiger partial charge < -0.3 is 24.3 Å². The van der Waals surface area contributed by atoms with Crippen molar-refractivity contribution in [1.82, 2.24) is 19.8 Å². The summed E-state index contributed by atoms with van der Waals surface area (Å²) in [4.78, 5) is 31.7. The summed E-state index contributed by atoms with van der Waals surface area (Å²) >= 11 is 0. The lowest BCUT2D eigenvalue weighted by atomic mass is 10.1. The van der Waals surface area contributed by atoms with Gasteiger partial charge in [-0.05, 0) is 49.7 Å². The topological polar surface area (TPSA) is 85.7 Å². The highest BCUT2D eigenvalue weighted by atomic mass is 16.7. The predicted molar refractivity (Wildman–Crippen MR) is 110 cm³/mol. The molecule has 154 valence electrons. The molecule has 0 saturated carbocycles. The molecule has 1 N–H and O–H groups in total. The van der Waals surface area contributed by atoms with E-state index in [2.05, 4.69) is 10.3 Å². The maximum absolute atomic E-state index is 12.7. The summed E-state index contributed by atoms with van der Waals surface area (Å²) in [5, 5.41) is 2.92. The molecule has 0 atom stereocenters. The van der Waals surface area contributed by atoms with Crippen LogP contribution in [-0.2, 0) is 13.1 Å². The number of hydrogen-bond donors (Lipinski definition) is 1. The monoisotopic (exact) mass is 406 g/mol. The summed E-state index contributed by atoms with van der Waals surface area (Å²) in [7, 11) is 0. The third-order valence-corrected chi connectivity index (χ3v) is 5.54. The molecule has 0 aliphatic carbocycles. The van der Waals surface area contributed by atoms with Crippen molar-refractivity contribution in [2.75, 3.05) is 13.3 Å². The Morgan fingerprint density at radius 2 is 1.97 bits per heavy atom. The molecule has 3 heterocycles. The zero-order valence-corrected chi connectivity index (χ0v) is 16.8. The van der Waals surface area contributed by atoms with Crippen molar-refractivity contribution >= 4 is 22.8 Å². The number of fused-ring (bicyclic) bond motifs is 4. The minimum Gasteiger partial charge on any atom is -0.454 e. The fourth-order valence-corrected chi connectivity index (χ4v) is 3.93. The quantitative estimate of drug-likeness (QED) is 0.720. The van der Waals surface area contributed by atoms with Crippen LogP contribution in [0.3, 0.4) is 0 Å². The van der Waals surface area contributed by atoms with Crippen molar-refractivity contribution in [3.63, 3.8) is 0 Å². The Morgan fingerprint density at radius 3 is 2.80 bits per heavy atom. The van der Waals surface area contributed by atoms with Crippen LogP contribution in [-0.4, -0.2) is 45.6 Å². The number of imidazole rings is 1. The van der Waals surface area contributed by atoms with E-state index < -0.39 is 0 Å². The lowest BCUT2D eigenvalue weighted by Gasteiger charge is -2.30. The number of rotatable bonds is 4. The van der Waals surface area contributed by atoms with E-state index >= 15 is 0 Å². The summed E-state index contributed by atoms with van der Waals surface area (Å²) in [5.74, 6) is 1.57. The van der Waals surface area contributed by atoms with Crippen LogP contribution in [0.15, 0.2) is 36.4 Å². The second kappa shape index (κ2) is 7.05. The summed E-state index contributed by atoms with van der Waals surface area (Å²) < 4.78 is 12.6. The number of carbonyl (C=O) groups excluding carboxylic acids is 2. The Balaban J connectivity index is 1.35. The Bertz CT molecular complexity index is 1170. The highest BCUT2D eigenvalue weighted by Crippen LogP contribution is 2.32. The van der Waals surface area contributed by atoms with Crippen LogP contribution in [0.4, 0.5) is 0 Å². The molecule has 3 aromatic rings. The van der Waals surface area contributed by atoms with Crippen molar-refractivity contribution in [3.8, 4) is 11.5 Å². The van der Waals surface area contributed by atoms with Crippen LogP contribution in [0.1, 0.15) is 40.4 Å². The number of nitrogens with one attached hydrogen (secondary N) is 1. The first-order valence-electron chi connectivity index (χ1n) is 9.99. The van der Waals surface area contributed by atoms with E-state index in [1.54, 1.807) is 12.1 Å². The minimum absolute atomic E-state index is 0.0683. The molecule has 0 spiro atoms. The zero-order valence-electron chi connectivity index (χ0n) is 16.8. The molecule has 1 aromatic heterocycles. The second-order valence-electron chi connectivity index (χ2n) is 7.75. The zero-order chi connectivity index (χ0) is 20.8. The largest absolute Gasteiger partial charge is 0.454 e. The Morgan fingerprint density at radius 1 is 1.13 bits per heavy atom. The van der Waals surface area contributed by atoms with Crippen LogP contribution in [0.2, 0.25) is 0 Å². The van der Waals surface area contributed by atoms with Crippen molar-refractivity contribution in [2.24, 2.45) is 0 Å². The molecule has 30 heavy (non-hydrogen) atoms. The molecule has 0 fully saturated rings. The molecule has 8 heteroatoms. The predicted octanol–water partition coefficient (Wildman–Crippen LogP) is 2.56. The van der Waals surface area contributed by atoms with Gasteiger partial charge in [0, 0.05) is 31.2 Å². The number of benzene rings is 2. The van der Waals surface area contributed by atoms with Gasteiger partial charge in [-0.2, -0.15) is 0 Å². The molecule has 5 rings (SSSR count). The molecule has 2 aliphatic rings. The van der Waals surface area contributed by atoms with E-state index in [0.29, 0.717) is 48.0 Å². The fraction of sp³-hybridized carbons (Fsp3) is 0.318. The van der Waals surface area contributed by atoms with E-state index in [4.69, 9.17) is 9.47 Å². The summed E-state index contributed by atoms with van der Waals surface area (Å²) in [5.41, 5.74) is 2.95. The number of carbonyl (C=O) groups is 2. The van der Waals surface area contributed by atoms with Crippen LogP contribution in [0, 0.1) is 0 Å². The maximum atomic E-state index is 12.7. The van der Waals surface area contributed by atoms with Gasteiger partial charge in [-0.15, -0.1) is 0 Å². The third kappa shape index (κ3) is 3.04. The molecule has 0 bridgehead atoms. The standard InChI is InChI=1S/C22H22N4O4/c1-13(2)25-7-8-26-17-5-4-15(10-16(17)24-20(26)22(25)28)21(27)23-11-14-3-6-18-19(9-14)30-12-29-18/h3-6,9-10,13H,7-8,11-12H2,1-2H3,(H,23,27). The molecule has 8 nitrogen and oxygen atoms in total. The molecule has 2 aliphatic heterocycles. The average Bonchev–Trinajstić information content (AvgIpc) is 3.35. The Labute approximate surface area is 173 Å². The Hall–Kier alpha value is -3.55. The first-order valence-corrected chi connectivity index (χ1v) is 9.99. The number of nitrogens with zero attached hydrogens (tertiary/aromatic N) is 3. The van der Waals surface area contributed by atoms with Gasteiger partial charge in [-0.1, -0.05) is 6.07 Å². The van der Waals surface area contributed by atoms with Gasteiger partial charge in [0.25, 0.3) is 11.8 Å². The normalized spacial score (nSPS) is 15.0. The molecule has 0 saturated heterocycles. The molecular formula is C22H22N4O4. The summed E-state index contributed by atoms with van der Waals surface area (Å²) in [6.45, 7) is 5.95. The van der Waals surface area contributed by atoms with Crippen LogP contribution >= 0.6 is 0 Å². The number of aromatic nitrogens is 2. The smallest absolute Gasteiger partial charge is 0.290 e. The van der Waals surface area contributed by atoms with Gasteiger partial charge >= 0.3 is 0 Å². The van der Waals surface area contributed by atoms with Gasteiger partial charge in [-0.25, -0.2) is 4.98 Å². The van der Waals surface area contributed by atoms with E-state index in [1.165, 1.54) is 0 Å². The van der Waals surface area contributed by atoms with Gasteiger partial charge in [0.1, 0.15) is 0 Å². The number of amides is 2. The first kappa shape index (κ1) is 18.5. The highest BCUT2D eigenvalue weighted by molar-refractivity contribution is 6.00. The third-order valence-electron chi connectivity index (χ3n) is 5.54. The number of hydrogen-bond acceptors (Lipinski definition) is 5. The molecular weight excluding hydrogens is 384 g/mol. The van der Waals surface area contributed by atoms with E-state index in [0.717, 1.165) is 11.1 Å². The van der Waals surface area contributed by atoms with E-state index in [9.17, 15) is 9.59 Å². The maximum Gasteiger partial charge on any atom is 0.290 e. The fourth-order valence-electron chi connectivity index (χ4n) is 3.93. The molecule has 0 unspecified atom stereocenters. The van der Waals surface area contributed by atoms with Gasteiger partial charge in [0.05, 0.1) is 11.0 Å². The molecule has 2 amide bonds. The average molecular weight is 406 g/mol. The molecule has 0 radical (unpaired) electrons. The van der Waals surface area contributed by atoms with Gasteiger partial charge in [0.15, 0.2) is 17.3 Å². The van der Waals surface area contributed by atoms with Crippen LogP contribution in [0.5, 0.6) is 11.5 Å². The van der Waals surface area contributed by atoms with Gasteiger partial charge in [0.2, 0.25) is 6.79 Å². The van der Waals surface area contributed by atoms with E-state index in [1.807, 2.05) is 47.6 Å². The van der Waals surface area contributed by atoms with Crippen molar-refractivity contribution in [3.05, 3.63) is 53.3 Å². The van der Waals surface area contributed by atoms with Crippen molar-refractivity contribution < 1.29 is 19.1 Å². The molecule has 2 aromatic carbocycles. The second-order valence-corrected chi connectivity index (χ2v) is 7.75. The van der Waals surface area contributed by atoms with Crippen molar-refractivity contribution in [1.29, 1.82) is 0 Å². The van der Waals surface area contributed by atoms with Crippen LogP contribution < -0.4 is 14.8 Å². The van der Waals surface area contributed by atoms with Gasteiger partial charge in [-0.3, -0.25) is 9.59 Å². The lowest BCUT2D eigenvalue weighted by molar-refractivity contribution is 0.0643.